The van der Waals surface area contributed by atoms with Crippen LogP contribution in [0.25, 0.3) is 11.1 Å². The Morgan fingerprint density at radius 2 is 1.67 bits per heavy atom. The van der Waals surface area contributed by atoms with Crippen molar-refractivity contribution < 1.29 is 37.7 Å². The van der Waals surface area contributed by atoms with Gasteiger partial charge in [0.2, 0.25) is 0 Å². The first kappa shape index (κ1) is 33.0. The highest BCUT2D eigenvalue weighted by molar-refractivity contribution is 5.81. The van der Waals surface area contributed by atoms with Crippen LogP contribution in [0.3, 0.4) is 0 Å². The molecule has 2 amide bonds. The van der Waals surface area contributed by atoms with Gasteiger partial charge in [-0.2, -0.15) is 0 Å². The van der Waals surface area contributed by atoms with Crippen LogP contribution in [0.4, 0.5) is 14.0 Å². The van der Waals surface area contributed by atoms with Gasteiger partial charge in [-0.25, -0.2) is 14.0 Å². The Balaban J connectivity index is 1.43. The summed E-state index contributed by atoms with van der Waals surface area (Å²) in [6.45, 7) is 5.77. The van der Waals surface area contributed by atoms with Gasteiger partial charge in [-0.05, 0) is 62.9 Å². The molecule has 0 saturated carbocycles. The molecule has 1 aliphatic rings. The molecule has 2 atom stereocenters. The highest BCUT2D eigenvalue weighted by atomic mass is 19.1. The molecular weight excluding hydrogens is 579 g/mol. The first-order valence-electron chi connectivity index (χ1n) is 14.7. The van der Waals surface area contributed by atoms with Crippen LogP contribution in [0.15, 0.2) is 84.9 Å². The highest BCUT2D eigenvalue weighted by Gasteiger charge is 2.43. The van der Waals surface area contributed by atoms with Gasteiger partial charge in [-0.3, -0.25) is 4.79 Å². The van der Waals surface area contributed by atoms with Gasteiger partial charge in [0.25, 0.3) is 0 Å². The van der Waals surface area contributed by atoms with E-state index in [0.717, 1.165) is 5.56 Å². The summed E-state index contributed by atoms with van der Waals surface area (Å²) in [6, 6.07) is 20.5. The number of carbonyl (C=O) groups is 3. The van der Waals surface area contributed by atoms with Gasteiger partial charge in [-0.1, -0.05) is 66.7 Å². The number of carbonyl (C=O) groups excluding carboxylic acids is 3. The van der Waals surface area contributed by atoms with Crippen LogP contribution in [-0.4, -0.2) is 50.1 Å². The number of methoxy groups -OCH3 is 1. The first-order valence-corrected chi connectivity index (χ1v) is 14.7. The van der Waals surface area contributed by atoms with E-state index in [1.807, 2.05) is 30.3 Å². The van der Waals surface area contributed by atoms with Crippen molar-refractivity contribution in [2.75, 3.05) is 20.3 Å². The SMILES string of the molecule is COC(=O)[C@@]1(Cc2ccc(F)c(-c3ccccc3OCCNC(=O)OC(C)(C)C)c2)C=C[C@H](NC(=O)OCc2ccccc2)C1. The number of nitrogens with one attached hydrogen (secondary N) is 2. The molecule has 0 unspecified atom stereocenters. The summed E-state index contributed by atoms with van der Waals surface area (Å²) >= 11 is 0. The molecule has 0 spiro atoms. The summed E-state index contributed by atoms with van der Waals surface area (Å²) in [7, 11) is 1.31. The molecular formula is C35H39FN2O7. The number of amides is 2. The second-order valence-electron chi connectivity index (χ2n) is 11.8. The molecule has 3 aromatic carbocycles. The Morgan fingerprint density at radius 3 is 2.40 bits per heavy atom. The van der Waals surface area contributed by atoms with E-state index in [9.17, 15) is 14.4 Å². The Bertz CT molecular complexity index is 1520. The number of para-hydroxylation sites is 1. The molecule has 0 aliphatic heterocycles. The summed E-state index contributed by atoms with van der Waals surface area (Å²) in [6.07, 6.45) is 2.79. The fourth-order valence-electron chi connectivity index (χ4n) is 5.10. The maximum atomic E-state index is 15.2. The molecule has 2 N–H and O–H groups in total. The van der Waals surface area contributed by atoms with Crippen molar-refractivity contribution in [3.63, 3.8) is 0 Å². The lowest BCUT2D eigenvalue weighted by Gasteiger charge is -2.26. The maximum absolute atomic E-state index is 15.2. The Morgan fingerprint density at radius 1 is 0.933 bits per heavy atom. The third kappa shape index (κ3) is 9.31. The van der Waals surface area contributed by atoms with E-state index in [1.54, 1.807) is 69.3 Å². The van der Waals surface area contributed by atoms with E-state index in [-0.39, 0.29) is 32.6 Å². The van der Waals surface area contributed by atoms with Gasteiger partial charge in [0.05, 0.1) is 25.1 Å². The number of rotatable bonds is 11. The molecule has 45 heavy (non-hydrogen) atoms. The molecule has 9 nitrogen and oxygen atoms in total. The Hall–Kier alpha value is -4.86. The first-order chi connectivity index (χ1) is 21.5. The quantitative estimate of drug-likeness (QED) is 0.111. The zero-order chi connectivity index (χ0) is 32.5. The van der Waals surface area contributed by atoms with Crippen LogP contribution in [0.5, 0.6) is 5.75 Å². The number of alkyl carbamates (subject to hydrolysis) is 2. The van der Waals surface area contributed by atoms with E-state index >= 15 is 4.39 Å². The molecule has 4 rings (SSSR count). The average Bonchev–Trinajstić information content (AvgIpc) is 3.41. The smallest absolute Gasteiger partial charge is 0.407 e. The summed E-state index contributed by atoms with van der Waals surface area (Å²) < 4.78 is 36.9. The van der Waals surface area contributed by atoms with Crippen molar-refractivity contribution in [3.8, 4) is 16.9 Å². The molecule has 0 fully saturated rings. The summed E-state index contributed by atoms with van der Waals surface area (Å²) in [5.74, 6) is -0.495. The van der Waals surface area contributed by atoms with Crippen molar-refractivity contribution in [2.45, 2.75) is 51.9 Å². The van der Waals surface area contributed by atoms with Crippen LogP contribution < -0.4 is 15.4 Å². The van der Waals surface area contributed by atoms with Crippen molar-refractivity contribution in [2.24, 2.45) is 5.41 Å². The minimum Gasteiger partial charge on any atom is -0.491 e. The van der Waals surface area contributed by atoms with E-state index in [2.05, 4.69) is 10.6 Å². The fourth-order valence-corrected chi connectivity index (χ4v) is 5.10. The van der Waals surface area contributed by atoms with Gasteiger partial charge in [0.15, 0.2) is 0 Å². The molecule has 0 aromatic heterocycles. The minimum absolute atomic E-state index is 0.120. The normalized spacial score (nSPS) is 17.3. The van der Waals surface area contributed by atoms with Crippen molar-refractivity contribution in [3.05, 3.63) is 102 Å². The van der Waals surface area contributed by atoms with Crippen LogP contribution in [-0.2, 0) is 32.0 Å². The van der Waals surface area contributed by atoms with Crippen LogP contribution in [0, 0.1) is 11.2 Å². The monoisotopic (exact) mass is 618 g/mol. The zero-order valence-electron chi connectivity index (χ0n) is 25.9. The van der Waals surface area contributed by atoms with Gasteiger partial charge in [0.1, 0.15) is 30.4 Å². The van der Waals surface area contributed by atoms with Crippen molar-refractivity contribution >= 4 is 18.2 Å². The minimum atomic E-state index is -1.08. The summed E-state index contributed by atoms with van der Waals surface area (Å²) in [5.41, 5.74) is 0.662. The molecule has 238 valence electrons. The molecule has 0 heterocycles. The lowest BCUT2D eigenvalue weighted by Crippen LogP contribution is -2.38. The highest BCUT2D eigenvalue weighted by Crippen LogP contribution is 2.39. The van der Waals surface area contributed by atoms with Crippen molar-refractivity contribution in [1.82, 2.24) is 10.6 Å². The lowest BCUT2D eigenvalue weighted by molar-refractivity contribution is -0.150. The van der Waals surface area contributed by atoms with E-state index in [0.29, 0.717) is 22.4 Å². The van der Waals surface area contributed by atoms with Crippen LogP contribution in [0.1, 0.15) is 38.3 Å². The maximum Gasteiger partial charge on any atom is 0.407 e. The predicted molar refractivity (Wildman–Crippen MR) is 167 cm³/mol. The Kier molecular flexibility index (Phi) is 10.8. The standard InChI is InChI=1S/C35H39FN2O7/c1-34(2,3)45-32(40)37-18-19-43-30-13-9-8-12-27(30)28-20-25(14-15-29(28)36)21-35(31(39)42-4)17-16-26(22-35)38-33(41)44-23-24-10-6-5-7-11-24/h5-17,20,26H,18-19,21-23H2,1-4H3,(H,37,40)(H,38,41)/t26-,35+/m0/s1. The van der Waals surface area contributed by atoms with Gasteiger partial charge >= 0.3 is 18.2 Å². The van der Waals surface area contributed by atoms with E-state index in [1.165, 1.54) is 13.2 Å². The van der Waals surface area contributed by atoms with E-state index in [4.69, 9.17) is 18.9 Å². The topological polar surface area (TPSA) is 112 Å². The largest absolute Gasteiger partial charge is 0.491 e. The summed E-state index contributed by atoms with van der Waals surface area (Å²) in [4.78, 5) is 37.5. The average molecular weight is 619 g/mol. The number of hydrogen-bond acceptors (Lipinski definition) is 7. The predicted octanol–water partition coefficient (Wildman–Crippen LogP) is 6.35. The van der Waals surface area contributed by atoms with Crippen LogP contribution >= 0.6 is 0 Å². The van der Waals surface area contributed by atoms with Gasteiger partial charge in [0, 0.05) is 11.1 Å². The van der Waals surface area contributed by atoms with Crippen LogP contribution in [0.2, 0.25) is 0 Å². The Labute approximate surface area is 262 Å². The molecule has 3 aromatic rings. The molecule has 0 radical (unpaired) electrons. The second kappa shape index (κ2) is 14.7. The van der Waals surface area contributed by atoms with Gasteiger partial charge in [-0.15, -0.1) is 0 Å². The van der Waals surface area contributed by atoms with Crippen molar-refractivity contribution in [1.29, 1.82) is 0 Å². The van der Waals surface area contributed by atoms with Gasteiger partial charge < -0.3 is 29.6 Å². The fraction of sp³-hybridized carbons (Fsp3) is 0.343. The van der Waals surface area contributed by atoms with E-state index < -0.39 is 41.0 Å². The number of hydrogen-bond donors (Lipinski definition) is 2. The molecule has 1 aliphatic carbocycles. The number of esters is 1. The molecule has 0 bridgehead atoms. The number of halogens is 1. The summed E-state index contributed by atoms with van der Waals surface area (Å²) in [5, 5.41) is 5.43. The number of benzene rings is 3. The molecule has 0 saturated heterocycles. The molecule has 10 heteroatoms. The third-order valence-electron chi connectivity index (χ3n) is 7.10. The third-order valence-corrected chi connectivity index (χ3v) is 7.10. The lowest BCUT2D eigenvalue weighted by atomic mass is 9.80. The zero-order valence-corrected chi connectivity index (χ0v) is 25.9. The second-order valence-corrected chi connectivity index (χ2v) is 11.8. The number of ether oxygens (including phenoxy) is 4.